The molecule has 100 valence electrons. The lowest BCUT2D eigenvalue weighted by atomic mass is 9.94. The quantitative estimate of drug-likeness (QED) is 0.884. The molecule has 4 heteroatoms. The molecule has 1 saturated heterocycles. The third kappa shape index (κ3) is 2.51. The van der Waals surface area contributed by atoms with Gasteiger partial charge in [0.1, 0.15) is 0 Å². The molecule has 2 unspecified atom stereocenters. The Hall–Kier alpha value is -1.39. The summed E-state index contributed by atoms with van der Waals surface area (Å²) in [6.07, 6.45) is 1.12. The number of piperidine rings is 1. The SMILES string of the molecule is CC1CCNCC1NC(=O)c1csc2ccccc12. The Morgan fingerprint density at radius 3 is 3.11 bits per heavy atom. The number of amides is 1. The minimum atomic E-state index is 0.0537. The second kappa shape index (κ2) is 5.31. The van der Waals surface area contributed by atoms with Gasteiger partial charge in [0.15, 0.2) is 0 Å². The Balaban J connectivity index is 1.80. The molecule has 3 nitrogen and oxygen atoms in total. The molecule has 1 aromatic carbocycles. The number of carbonyl (C=O) groups is 1. The zero-order valence-corrected chi connectivity index (χ0v) is 11.8. The second-order valence-corrected chi connectivity index (χ2v) is 6.11. The van der Waals surface area contributed by atoms with Gasteiger partial charge in [-0.1, -0.05) is 25.1 Å². The molecule has 2 aromatic rings. The van der Waals surface area contributed by atoms with Crippen LogP contribution in [0.5, 0.6) is 0 Å². The first-order valence-corrected chi connectivity index (χ1v) is 7.61. The summed E-state index contributed by atoms with van der Waals surface area (Å²) >= 11 is 1.63. The lowest BCUT2D eigenvalue weighted by Gasteiger charge is -2.30. The molecule has 1 aliphatic rings. The fourth-order valence-electron chi connectivity index (χ4n) is 2.58. The predicted octanol–water partition coefficient (Wildman–Crippen LogP) is 2.63. The maximum Gasteiger partial charge on any atom is 0.253 e. The lowest BCUT2D eigenvalue weighted by molar-refractivity contribution is 0.0917. The van der Waals surface area contributed by atoms with Crippen molar-refractivity contribution < 1.29 is 4.79 Å². The van der Waals surface area contributed by atoms with Gasteiger partial charge < -0.3 is 10.6 Å². The number of thiophene rings is 1. The first-order chi connectivity index (χ1) is 9.25. The van der Waals surface area contributed by atoms with Crippen LogP contribution in [0.15, 0.2) is 29.6 Å². The molecule has 2 heterocycles. The van der Waals surface area contributed by atoms with E-state index in [0.717, 1.165) is 30.5 Å². The van der Waals surface area contributed by atoms with Crippen molar-refractivity contribution in [2.24, 2.45) is 5.92 Å². The Kier molecular flexibility index (Phi) is 3.53. The van der Waals surface area contributed by atoms with E-state index in [1.807, 2.05) is 23.6 Å². The van der Waals surface area contributed by atoms with Gasteiger partial charge in [0.25, 0.3) is 5.91 Å². The number of hydrogen-bond acceptors (Lipinski definition) is 3. The molecule has 2 N–H and O–H groups in total. The first-order valence-electron chi connectivity index (χ1n) is 6.73. The fraction of sp³-hybridized carbons (Fsp3) is 0.400. The molecule has 0 radical (unpaired) electrons. The molecule has 3 rings (SSSR count). The fourth-order valence-corrected chi connectivity index (χ4v) is 3.52. The number of hydrogen-bond donors (Lipinski definition) is 2. The summed E-state index contributed by atoms with van der Waals surface area (Å²) in [5.74, 6) is 0.591. The summed E-state index contributed by atoms with van der Waals surface area (Å²) in [6.45, 7) is 4.13. The van der Waals surface area contributed by atoms with Gasteiger partial charge in [-0.25, -0.2) is 0 Å². The lowest BCUT2D eigenvalue weighted by Crippen LogP contribution is -2.50. The Morgan fingerprint density at radius 1 is 1.42 bits per heavy atom. The Labute approximate surface area is 117 Å². The zero-order valence-electron chi connectivity index (χ0n) is 11.0. The summed E-state index contributed by atoms with van der Waals surface area (Å²) in [4.78, 5) is 12.4. The molecule has 2 atom stereocenters. The van der Waals surface area contributed by atoms with E-state index < -0.39 is 0 Å². The standard InChI is InChI=1S/C15H18N2OS/c1-10-6-7-16-8-13(10)17-15(18)12-9-19-14-5-3-2-4-11(12)14/h2-5,9-10,13,16H,6-8H2,1H3,(H,17,18). The van der Waals surface area contributed by atoms with Gasteiger partial charge in [-0.15, -0.1) is 11.3 Å². The zero-order chi connectivity index (χ0) is 13.2. The highest BCUT2D eigenvalue weighted by Gasteiger charge is 2.23. The van der Waals surface area contributed by atoms with Crippen LogP contribution in [-0.4, -0.2) is 25.0 Å². The highest BCUT2D eigenvalue weighted by Crippen LogP contribution is 2.25. The van der Waals surface area contributed by atoms with Crippen LogP contribution in [0.25, 0.3) is 10.1 Å². The number of rotatable bonds is 2. The van der Waals surface area contributed by atoms with Gasteiger partial charge >= 0.3 is 0 Å². The van der Waals surface area contributed by atoms with Gasteiger partial charge in [0.2, 0.25) is 0 Å². The van der Waals surface area contributed by atoms with Crippen molar-refractivity contribution in [2.75, 3.05) is 13.1 Å². The van der Waals surface area contributed by atoms with E-state index in [1.54, 1.807) is 11.3 Å². The maximum absolute atomic E-state index is 12.4. The molecule has 0 aliphatic carbocycles. The number of nitrogens with one attached hydrogen (secondary N) is 2. The van der Waals surface area contributed by atoms with Crippen LogP contribution in [0.1, 0.15) is 23.7 Å². The Bertz CT molecular complexity index is 593. The van der Waals surface area contributed by atoms with E-state index in [9.17, 15) is 4.79 Å². The van der Waals surface area contributed by atoms with Crippen LogP contribution in [-0.2, 0) is 0 Å². The molecule has 1 amide bonds. The van der Waals surface area contributed by atoms with Crippen LogP contribution < -0.4 is 10.6 Å². The summed E-state index contributed by atoms with van der Waals surface area (Å²) < 4.78 is 1.17. The molecule has 0 spiro atoms. The second-order valence-electron chi connectivity index (χ2n) is 5.20. The van der Waals surface area contributed by atoms with Gasteiger partial charge in [-0.3, -0.25) is 4.79 Å². The van der Waals surface area contributed by atoms with Crippen LogP contribution >= 0.6 is 11.3 Å². The smallest absolute Gasteiger partial charge is 0.253 e. The maximum atomic E-state index is 12.4. The average Bonchev–Trinajstić information content (AvgIpc) is 2.85. The van der Waals surface area contributed by atoms with E-state index in [4.69, 9.17) is 0 Å². The van der Waals surface area contributed by atoms with Crippen molar-refractivity contribution in [3.05, 3.63) is 35.2 Å². The molecule has 1 aromatic heterocycles. The van der Waals surface area contributed by atoms with Gasteiger partial charge in [-0.05, 0) is 24.9 Å². The van der Waals surface area contributed by atoms with Crippen LogP contribution in [0.4, 0.5) is 0 Å². The number of fused-ring (bicyclic) bond motifs is 1. The third-order valence-corrected chi connectivity index (χ3v) is 4.83. The monoisotopic (exact) mass is 274 g/mol. The van der Waals surface area contributed by atoms with E-state index in [0.29, 0.717) is 5.92 Å². The minimum absolute atomic E-state index is 0.0537. The number of carbonyl (C=O) groups excluding carboxylic acids is 1. The highest BCUT2D eigenvalue weighted by molar-refractivity contribution is 7.17. The highest BCUT2D eigenvalue weighted by atomic mass is 32.1. The first kappa shape index (κ1) is 12.6. The third-order valence-electron chi connectivity index (χ3n) is 3.87. The van der Waals surface area contributed by atoms with E-state index in [-0.39, 0.29) is 11.9 Å². The van der Waals surface area contributed by atoms with Crippen molar-refractivity contribution >= 4 is 27.3 Å². The molecule has 0 saturated carbocycles. The average molecular weight is 274 g/mol. The van der Waals surface area contributed by atoms with Crippen molar-refractivity contribution in [1.82, 2.24) is 10.6 Å². The molecule has 1 aliphatic heterocycles. The van der Waals surface area contributed by atoms with Crippen molar-refractivity contribution in [3.8, 4) is 0 Å². The molecular weight excluding hydrogens is 256 g/mol. The topological polar surface area (TPSA) is 41.1 Å². The van der Waals surface area contributed by atoms with Gasteiger partial charge in [0, 0.05) is 28.1 Å². The summed E-state index contributed by atoms with van der Waals surface area (Å²) in [7, 11) is 0. The summed E-state index contributed by atoms with van der Waals surface area (Å²) in [5.41, 5.74) is 0.804. The molecule has 1 fully saturated rings. The van der Waals surface area contributed by atoms with Crippen molar-refractivity contribution in [3.63, 3.8) is 0 Å². The van der Waals surface area contributed by atoms with Crippen LogP contribution in [0.2, 0.25) is 0 Å². The van der Waals surface area contributed by atoms with Gasteiger partial charge in [0.05, 0.1) is 5.56 Å². The van der Waals surface area contributed by atoms with Crippen LogP contribution in [0, 0.1) is 5.92 Å². The van der Waals surface area contributed by atoms with Crippen molar-refractivity contribution in [2.45, 2.75) is 19.4 Å². The van der Waals surface area contributed by atoms with Crippen LogP contribution in [0.3, 0.4) is 0 Å². The van der Waals surface area contributed by atoms with E-state index in [1.165, 1.54) is 4.70 Å². The normalized spacial score (nSPS) is 23.4. The van der Waals surface area contributed by atoms with E-state index >= 15 is 0 Å². The van der Waals surface area contributed by atoms with Gasteiger partial charge in [-0.2, -0.15) is 0 Å². The van der Waals surface area contributed by atoms with Crippen molar-refractivity contribution in [1.29, 1.82) is 0 Å². The number of benzene rings is 1. The molecular formula is C15H18N2OS. The predicted molar refractivity (Wildman–Crippen MR) is 79.7 cm³/mol. The van der Waals surface area contributed by atoms with E-state index in [2.05, 4.69) is 23.6 Å². The summed E-state index contributed by atoms with van der Waals surface area (Å²) in [5, 5.41) is 9.53. The Morgan fingerprint density at radius 2 is 2.26 bits per heavy atom. The summed E-state index contributed by atoms with van der Waals surface area (Å²) in [6, 6.07) is 8.30. The molecule has 19 heavy (non-hydrogen) atoms. The minimum Gasteiger partial charge on any atom is -0.348 e. The molecule has 0 bridgehead atoms. The largest absolute Gasteiger partial charge is 0.348 e.